The van der Waals surface area contributed by atoms with Crippen LogP contribution in [0, 0.1) is 5.92 Å². The Bertz CT molecular complexity index is 194. The smallest absolute Gasteiger partial charge is 0.260 e. The Balaban J connectivity index is 2.23. The summed E-state index contributed by atoms with van der Waals surface area (Å²) in [6, 6.07) is 0. The molecule has 0 heterocycles. The van der Waals surface area contributed by atoms with Crippen molar-refractivity contribution in [3.63, 3.8) is 0 Å². The molecular formula is C6H7F4NO. The molecule has 1 amide bonds. The monoisotopic (exact) mass is 185 g/mol. The van der Waals surface area contributed by atoms with Crippen molar-refractivity contribution in [3.05, 3.63) is 0 Å². The minimum absolute atomic E-state index is 0.526. The van der Waals surface area contributed by atoms with Crippen molar-refractivity contribution in [3.8, 4) is 0 Å². The number of carbonyl (C=O) groups excluding carboxylic acids is 1. The Kier molecular flexibility index (Phi) is 2.25. The SMILES string of the molecule is O=C(NCC(F)F)C1CC1(F)F. The molecule has 6 heteroatoms. The third-order valence-corrected chi connectivity index (χ3v) is 1.57. The topological polar surface area (TPSA) is 29.1 Å². The van der Waals surface area contributed by atoms with E-state index in [0.717, 1.165) is 0 Å². The molecule has 1 aliphatic rings. The average Bonchev–Trinajstić information content (AvgIpc) is 2.55. The standard InChI is InChI=1S/C6H7F4NO/c7-4(8)2-11-5(12)3-1-6(3,9)10/h3-4H,1-2H2,(H,11,12). The quantitative estimate of drug-likeness (QED) is 0.653. The first-order valence-corrected chi connectivity index (χ1v) is 3.37. The van der Waals surface area contributed by atoms with Crippen LogP contribution in [0.25, 0.3) is 0 Å². The van der Waals surface area contributed by atoms with Gasteiger partial charge in [0, 0.05) is 6.42 Å². The summed E-state index contributed by atoms with van der Waals surface area (Å²) in [5, 5.41) is 1.73. The highest BCUT2D eigenvalue weighted by Crippen LogP contribution is 2.48. The first-order chi connectivity index (χ1) is 5.43. The highest BCUT2D eigenvalue weighted by Gasteiger charge is 2.61. The van der Waals surface area contributed by atoms with E-state index >= 15 is 0 Å². The lowest BCUT2D eigenvalue weighted by Crippen LogP contribution is -2.31. The number of hydrogen-bond acceptors (Lipinski definition) is 1. The van der Waals surface area contributed by atoms with E-state index in [0.29, 0.717) is 0 Å². The van der Waals surface area contributed by atoms with Gasteiger partial charge in [0.2, 0.25) is 5.91 Å². The van der Waals surface area contributed by atoms with Gasteiger partial charge in [-0.15, -0.1) is 0 Å². The van der Waals surface area contributed by atoms with E-state index in [1.165, 1.54) is 0 Å². The summed E-state index contributed by atoms with van der Waals surface area (Å²) in [7, 11) is 0. The van der Waals surface area contributed by atoms with Gasteiger partial charge in [0.25, 0.3) is 12.3 Å². The molecule has 0 radical (unpaired) electrons. The maximum absolute atomic E-state index is 12.1. The maximum Gasteiger partial charge on any atom is 0.260 e. The van der Waals surface area contributed by atoms with E-state index < -0.39 is 37.1 Å². The van der Waals surface area contributed by atoms with Gasteiger partial charge in [-0.3, -0.25) is 4.79 Å². The van der Waals surface area contributed by atoms with Gasteiger partial charge in [0.15, 0.2) is 0 Å². The molecule has 12 heavy (non-hydrogen) atoms. The van der Waals surface area contributed by atoms with E-state index in [-0.39, 0.29) is 0 Å². The fourth-order valence-electron chi connectivity index (χ4n) is 0.799. The molecule has 0 aromatic heterocycles. The lowest BCUT2D eigenvalue weighted by atomic mass is 10.4. The molecule has 1 rings (SSSR count). The van der Waals surface area contributed by atoms with Crippen LogP contribution >= 0.6 is 0 Å². The maximum atomic E-state index is 12.1. The molecule has 0 aromatic rings. The second-order valence-corrected chi connectivity index (χ2v) is 2.65. The molecule has 0 aromatic carbocycles. The first-order valence-electron chi connectivity index (χ1n) is 3.37. The number of rotatable bonds is 3. The minimum Gasteiger partial charge on any atom is -0.350 e. The number of halogens is 4. The van der Waals surface area contributed by atoms with Gasteiger partial charge in [-0.2, -0.15) is 0 Å². The van der Waals surface area contributed by atoms with Crippen LogP contribution in [0.1, 0.15) is 6.42 Å². The molecule has 1 saturated carbocycles. The van der Waals surface area contributed by atoms with Crippen LogP contribution in [0.2, 0.25) is 0 Å². The van der Waals surface area contributed by atoms with Gasteiger partial charge in [0.05, 0.1) is 6.54 Å². The molecule has 1 aliphatic carbocycles. The summed E-state index contributed by atoms with van der Waals surface area (Å²) in [6.07, 6.45) is -3.22. The lowest BCUT2D eigenvalue weighted by Gasteiger charge is -2.02. The summed E-state index contributed by atoms with van der Waals surface area (Å²) in [5.41, 5.74) is 0. The summed E-state index contributed by atoms with van der Waals surface area (Å²) in [5.74, 6) is -5.36. The van der Waals surface area contributed by atoms with Gasteiger partial charge < -0.3 is 5.32 Å². The molecule has 1 fully saturated rings. The Hall–Kier alpha value is -0.810. The first kappa shape index (κ1) is 9.28. The Morgan fingerprint density at radius 2 is 2.08 bits per heavy atom. The van der Waals surface area contributed by atoms with Gasteiger partial charge in [-0.1, -0.05) is 0 Å². The predicted molar refractivity (Wildman–Crippen MR) is 32.1 cm³/mol. The zero-order valence-electron chi connectivity index (χ0n) is 5.99. The van der Waals surface area contributed by atoms with Crippen LogP contribution in [0.5, 0.6) is 0 Å². The Labute approximate surface area is 65.9 Å². The van der Waals surface area contributed by atoms with Crippen LogP contribution in [-0.4, -0.2) is 24.8 Å². The van der Waals surface area contributed by atoms with Crippen molar-refractivity contribution in [2.24, 2.45) is 5.92 Å². The van der Waals surface area contributed by atoms with Crippen LogP contribution in [0.15, 0.2) is 0 Å². The van der Waals surface area contributed by atoms with Crippen LogP contribution in [-0.2, 0) is 4.79 Å². The van der Waals surface area contributed by atoms with E-state index in [9.17, 15) is 22.4 Å². The largest absolute Gasteiger partial charge is 0.350 e. The van der Waals surface area contributed by atoms with Gasteiger partial charge in [-0.25, -0.2) is 17.6 Å². The Morgan fingerprint density at radius 3 is 2.42 bits per heavy atom. The van der Waals surface area contributed by atoms with Gasteiger partial charge in [-0.05, 0) is 0 Å². The lowest BCUT2D eigenvalue weighted by molar-refractivity contribution is -0.125. The number of nitrogens with one attached hydrogen (secondary N) is 1. The van der Waals surface area contributed by atoms with Crippen molar-refractivity contribution in [2.45, 2.75) is 18.8 Å². The summed E-state index contributed by atoms with van der Waals surface area (Å²) in [6.45, 7) is -0.856. The molecule has 0 spiro atoms. The molecule has 0 bridgehead atoms. The fourth-order valence-corrected chi connectivity index (χ4v) is 0.799. The fraction of sp³-hybridized carbons (Fsp3) is 0.833. The van der Waals surface area contributed by atoms with Gasteiger partial charge >= 0.3 is 0 Å². The zero-order valence-corrected chi connectivity index (χ0v) is 5.99. The number of alkyl halides is 4. The van der Waals surface area contributed by atoms with E-state index in [2.05, 4.69) is 0 Å². The number of amides is 1. The van der Waals surface area contributed by atoms with Crippen molar-refractivity contribution in [2.75, 3.05) is 6.54 Å². The Morgan fingerprint density at radius 1 is 1.58 bits per heavy atom. The normalized spacial score (nSPS) is 25.6. The predicted octanol–water partition coefficient (Wildman–Crippen LogP) is 1.02. The van der Waals surface area contributed by atoms with Gasteiger partial charge in [0.1, 0.15) is 5.92 Å². The molecule has 1 atom stereocenters. The van der Waals surface area contributed by atoms with Crippen LogP contribution < -0.4 is 5.32 Å². The van der Waals surface area contributed by atoms with Crippen molar-refractivity contribution in [1.82, 2.24) is 5.32 Å². The second kappa shape index (κ2) is 2.91. The van der Waals surface area contributed by atoms with E-state index in [1.807, 2.05) is 0 Å². The molecule has 1 unspecified atom stereocenters. The highest BCUT2D eigenvalue weighted by molar-refractivity contribution is 5.82. The average molecular weight is 185 g/mol. The molecule has 2 nitrogen and oxygen atoms in total. The molecule has 0 saturated heterocycles. The summed E-state index contributed by atoms with van der Waals surface area (Å²) >= 11 is 0. The summed E-state index contributed by atoms with van der Waals surface area (Å²) < 4.78 is 47.2. The molecule has 70 valence electrons. The highest BCUT2D eigenvalue weighted by atomic mass is 19.3. The van der Waals surface area contributed by atoms with Crippen molar-refractivity contribution >= 4 is 5.91 Å². The second-order valence-electron chi connectivity index (χ2n) is 2.65. The van der Waals surface area contributed by atoms with Crippen molar-refractivity contribution < 1.29 is 22.4 Å². The number of hydrogen-bond donors (Lipinski definition) is 1. The zero-order chi connectivity index (χ0) is 9.35. The minimum atomic E-state index is -2.98. The van der Waals surface area contributed by atoms with E-state index in [4.69, 9.17) is 0 Å². The number of carbonyl (C=O) groups is 1. The van der Waals surface area contributed by atoms with Crippen molar-refractivity contribution in [1.29, 1.82) is 0 Å². The summed E-state index contributed by atoms with van der Waals surface area (Å²) in [4.78, 5) is 10.6. The molecular weight excluding hydrogens is 178 g/mol. The van der Waals surface area contributed by atoms with Crippen LogP contribution in [0.3, 0.4) is 0 Å². The molecule has 0 aliphatic heterocycles. The molecule has 1 N–H and O–H groups in total. The van der Waals surface area contributed by atoms with E-state index in [1.54, 1.807) is 5.32 Å². The third-order valence-electron chi connectivity index (χ3n) is 1.57. The van der Waals surface area contributed by atoms with Crippen LogP contribution in [0.4, 0.5) is 17.6 Å². The third kappa shape index (κ3) is 2.09.